The first-order chi connectivity index (χ1) is 9.20. The van der Waals surface area contributed by atoms with Crippen LogP contribution in [-0.2, 0) is 6.18 Å². The fourth-order valence-corrected chi connectivity index (χ4v) is 2.15. The van der Waals surface area contributed by atoms with E-state index in [4.69, 9.17) is 16.0 Å². The lowest BCUT2D eigenvalue weighted by atomic mass is 10.0. The maximum Gasteiger partial charge on any atom is 0.433 e. The summed E-state index contributed by atoms with van der Waals surface area (Å²) in [6, 6.07) is 3.51. The molecule has 0 aromatic carbocycles. The minimum atomic E-state index is -4.57. The van der Waals surface area contributed by atoms with E-state index in [0.717, 1.165) is 12.1 Å². The zero-order valence-corrected chi connectivity index (χ0v) is 11.4. The zero-order chi connectivity index (χ0) is 15.1. The quantitative estimate of drug-likeness (QED) is 0.852. The summed E-state index contributed by atoms with van der Waals surface area (Å²) in [5, 5.41) is 9.81. The van der Waals surface area contributed by atoms with Gasteiger partial charge in [0.05, 0.1) is 0 Å². The van der Waals surface area contributed by atoms with Gasteiger partial charge in [0.15, 0.2) is 0 Å². The van der Waals surface area contributed by atoms with Crippen LogP contribution in [0.1, 0.15) is 34.4 Å². The van der Waals surface area contributed by atoms with Crippen LogP contribution in [0.4, 0.5) is 13.2 Å². The molecule has 0 aliphatic carbocycles. The third-order valence-electron chi connectivity index (χ3n) is 2.84. The second-order valence-corrected chi connectivity index (χ2v) is 4.70. The predicted octanol–water partition coefficient (Wildman–Crippen LogP) is 4.05. The summed E-state index contributed by atoms with van der Waals surface area (Å²) in [5.41, 5.74) is -0.548. The molecule has 0 saturated carbocycles. The average Bonchev–Trinajstić information content (AvgIpc) is 2.66. The van der Waals surface area contributed by atoms with E-state index < -0.39 is 18.0 Å². The summed E-state index contributed by atoms with van der Waals surface area (Å²) in [4.78, 5) is 3.28. The molecule has 0 amide bonds. The van der Waals surface area contributed by atoms with Crippen molar-refractivity contribution in [2.75, 3.05) is 0 Å². The molecule has 0 radical (unpaired) electrons. The van der Waals surface area contributed by atoms with Crippen LogP contribution in [-0.4, -0.2) is 10.1 Å². The Balaban J connectivity index is 2.41. The van der Waals surface area contributed by atoms with Gasteiger partial charge < -0.3 is 9.52 Å². The van der Waals surface area contributed by atoms with Crippen molar-refractivity contribution in [3.05, 3.63) is 51.7 Å². The topological polar surface area (TPSA) is 46.3 Å². The van der Waals surface area contributed by atoms with Crippen molar-refractivity contribution in [2.24, 2.45) is 0 Å². The number of aliphatic hydroxyl groups is 1. The van der Waals surface area contributed by atoms with Crippen molar-refractivity contribution in [3.8, 4) is 0 Å². The lowest BCUT2D eigenvalue weighted by molar-refractivity contribution is -0.141. The summed E-state index contributed by atoms with van der Waals surface area (Å²) in [5.74, 6) is 1.07. The number of hydrogen-bond acceptors (Lipinski definition) is 3. The van der Waals surface area contributed by atoms with Crippen LogP contribution in [0.2, 0.25) is 5.15 Å². The third kappa shape index (κ3) is 2.81. The lowest BCUT2D eigenvalue weighted by Crippen LogP contribution is -2.10. The Bertz CT molecular complexity index is 637. The normalized spacial score (nSPS) is 13.6. The van der Waals surface area contributed by atoms with Gasteiger partial charge in [-0.3, -0.25) is 0 Å². The molecule has 2 aromatic heterocycles. The first-order valence-electron chi connectivity index (χ1n) is 5.68. The van der Waals surface area contributed by atoms with E-state index in [-0.39, 0.29) is 10.7 Å². The van der Waals surface area contributed by atoms with Gasteiger partial charge in [-0.05, 0) is 26.0 Å². The van der Waals surface area contributed by atoms with Crippen LogP contribution < -0.4 is 0 Å². The minimum Gasteiger partial charge on any atom is -0.466 e. The Hall–Kier alpha value is -1.53. The van der Waals surface area contributed by atoms with E-state index in [1.54, 1.807) is 19.9 Å². The lowest BCUT2D eigenvalue weighted by Gasteiger charge is -2.13. The molecule has 3 nitrogen and oxygen atoms in total. The highest BCUT2D eigenvalue weighted by molar-refractivity contribution is 6.30. The molecule has 0 spiro atoms. The summed E-state index contributed by atoms with van der Waals surface area (Å²) < 4.78 is 42.7. The summed E-state index contributed by atoms with van der Waals surface area (Å²) >= 11 is 5.74. The van der Waals surface area contributed by atoms with Crippen molar-refractivity contribution >= 4 is 11.6 Å². The second kappa shape index (κ2) is 5.10. The van der Waals surface area contributed by atoms with E-state index in [2.05, 4.69) is 4.98 Å². The monoisotopic (exact) mass is 305 g/mol. The van der Waals surface area contributed by atoms with Crippen molar-refractivity contribution in [3.63, 3.8) is 0 Å². The number of furan rings is 1. The van der Waals surface area contributed by atoms with Crippen molar-refractivity contribution in [1.82, 2.24) is 4.98 Å². The summed E-state index contributed by atoms with van der Waals surface area (Å²) in [6.45, 7) is 3.35. The number of rotatable bonds is 2. The Morgan fingerprint density at radius 1 is 1.25 bits per heavy atom. The van der Waals surface area contributed by atoms with Gasteiger partial charge in [0.25, 0.3) is 0 Å². The number of alkyl halides is 3. The molecule has 0 aliphatic heterocycles. The molecule has 0 saturated heterocycles. The number of aryl methyl sites for hydroxylation is 2. The summed E-state index contributed by atoms with van der Waals surface area (Å²) in [7, 11) is 0. The van der Waals surface area contributed by atoms with Gasteiger partial charge in [-0.15, -0.1) is 0 Å². The predicted molar refractivity (Wildman–Crippen MR) is 66.5 cm³/mol. The molecule has 2 heterocycles. The fourth-order valence-electron chi connectivity index (χ4n) is 1.90. The van der Waals surface area contributed by atoms with E-state index in [1.807, 2.05) is 0 Å². The largest absolute Gasteiger partial charge is 0.466 e. The second-order valence-electron chi connectivity index (χ2n) is 4.35. The molecule has 7 heteroatoms. The van der Waals surface area contributed by atoms with E-state index in [0.29, 0.717) is 17.1 Å². The molecule has 0 aliphatic rings. The molecule has 0 bridgehead atoms. The molecule has 1 N–H and O–H groups in total. The number of hydrogen-bond donors (Lipinski definition) is 1. The molecule has 0 fully saturated rings. The molecule has 108 valence electrons. The van der Waals surface area contributed by atoms with E-state index in [1.165, 1.54) is 0 Å². The molecule has 2 rings (SSSR count). The Morgan fingerprint density at radius 2 is 1.90 bits per heavy atom. The first-order valence-corrected chi connectivity index (χ1v) is 6.06. The summed E-state index contributed by atoms with van der Waals surface area (Å²) in [6.07, 6.45) is -5.76. The molecule has 20 heavy (non-hydrogen) atoms. The first kappa shape index (κ1) is 14.9. The van der Waals surface area contributed by atoms with Crippen LogP contribution in [0.15, 0.2) is 22.6 Å². The van der Waals surface area contributed by atoms with Gasteiger partial charge in [0.1, 0.15) is 28.5 Å². The maximum absolute atomic E-state index is 12.5. The molecule has 1 atom stereocenters. The van der Waals surface area contributed by atoms with Crippen LogP contribution in [0.25, 0.3) is 0 Å². The van der Waals surface area contributed by atoms with Crippen molar-refractivity contribution in [1.29, 1.82) is 0 Å². The Labute approximate surface area is 118 Å². The molecular formula is C13H11ClF3NO2. The molecule has 2 aromatic rings. The number of pyridine rings is 1. The number of aliphatic hydroxyl groups excluding tert-OH is 1. The SMILES string of the molecule is Cc1cc(C(O)c2ccc(C(F)(F)F)nc2Cl)c(C)o1. The van der Waals surface area contributed by atoms with Crippen molar-refractivity contribution in [2.45, 2.75) is 26.1 Å². The van der Waals surface area contributed by atoms with E-state index in [9.17, 15) is 18.3 Å². The van der Waals surface area contributed by atoms with E-state index >= 15 is 0 Å². The number of aromatic nitrogens is 1. The van der Waals surface area contributed by atoms with Gasteiger partial charge in [0, 0.05) is 11.1 Å². The average molecular weight is 306 g/mol. The van der Waals surface area contributed by atoms with Gasteiger partial charge in [-0.25, -0.2) is 4.98 Å². The maximum atomic E-state index is 12.5. The highest BCUT2D eigenvalue weighted by Crippen LogP contribution is 2.34. The zero-order valence-electron chi connectivity index (χ0n) is 10.6. The Kier molecular flexibility index (Phi) is 3.80. The van der Waals surface area contributed by atoms with Crippen LogP contribution >= 0.6 is 11.6 Å². The third-order valence-corrected chi connectivity index (χ3v) is 3.14. The van der Waals surface area contributed by atoms with Crippen LogP contribution in [0.3, 0.4) is 0 Å². The fraction of sp³-hybridized carbons (Fsp3) is 0.308. The molecule has 1 unspecified atom stereocenters. The highest BCUT2D eigenvalue weighted by Gasteiger charge is 2.33. The van der Waals surface area contributed by atoms with Gasteiger partial charge in [0.2, 0.25) is 0 Å². The van der Waals surface area contributed by atoms with Gasteiger partial charge in [-0.2, -0.15) is 13.2 Å². The van der Waals surface area contributed by atoms with Crippen molar-refractivity contribution < 1.29 is 22.7 Å². The minimum absolute atomic E-state index is 0.101. The van der Waals surface area contributed by atoms with Crippen LogP contribution in [0.5, 0.6) is 0 Å². The van der Waals surface area contributed by atoms with Gasteiger partial charge >= 0.3 is 6.18 Å². The standard InChI is InChI=1S/C13H11ClF3NO2/c1-6-5-9(7(2)20-6)11(19)8-3-4-10(13(15,16)17)18-12(8)14/h3-5,11,19H,1-2H3. The highest BCUT2D eigenvalue weighted by atomic mass is 35.5. The van der Waals surface area contributed by atoms with Gasteiger partial charge in [-0.1, -0.05) is 17.7 Å². The Morgan fingerprint density at radius 3 is 2.35 bits per heavy atom. The number of nitrogens with zero attached hydrogens (tertiary/aromatic N) is 1. The smallest absolute Gasteiger partial charge is 0.433 e. The molecular weight excluding hydrogens is 295 g/mol. The number of halogens is 4. The van der Waals surface area contributed by atoms with Crippen LogP contribution in [0, 0.1) is 13.8 Å².